The van der Waals surface area contributed by atoms with Crippen LogP contribution in [0.4, 0.5) is 5.95 Å². The molecule has 9 heteroatoms. The summed E-state index contributed by atoms with van der Waals surface area (Å²) in [5.74, 6) is 0.503. The van der Waals surface area contributed by atoms with E-state index in [2.05, 4.69) is 9.97 Å². The minimum absolute atomic E-state index is 0.0746. The highest BCUT2D eigenvalue weighted by Crippen LogP contribution is 2.09. The first kappa shape index (κ1) is 15.9. The Morgan fingerprint density at radius 1 is 1.12 bits per heavy atom. The molecule has 0 unspecified atom stereocenters. The van der Waals surface area contributed by atoms with Gasteiger partial charge in [0, 0.05) is 57.9 Å². The van der Waals surface area contributed by atoms with Gasteiger partial charge in [-0.25, -0.2) is 14.8 Å². The maximum atomic E-state index is 12.4. The van der Waals surface area contributed by atoms with Gasteiger partial charge >= 0.3 is 5.69 Å². The zero-order chi connectivity index (χ0) is 17.1. The van der Waals surface area contributed by atoms with Crippen molar-refractivity contribution >= 4 is 11.9 Å². The molecule has 0 bridgehead atoms. The number of amides is 1. The van der Waals surface area contributed by atoms with E-state index in [1.54, 1.807) is 23.4 Å². The summed E-state index contributed by atoms with van der Waals surface area (Å²) >= 11 is 0. The van der Waals surface area contributed by atoms with Crippen LogP contribution in [0.5, 0.6) is 0 Å². The van der Waals surface area contributed by atoms with Crippen LogP contribution in [-0.4, -0.2) is 56.1 Å². The van der Waals surface area contributed by atoms with Crippen molar-refractivity contribution in [3.05, 3.63) is 51.6 Å². The number of aromatic nitrogens is 4. The third kappa shape index (κ3) is 3.19. The summed E-state index contributed by atoms with van der Waals surface area (Å²) in [5.41, 5.74) is -0.882. The summed E-state index contributed by atoms with van der Waals surface area (Å²) in [5, 5.41) is 0. The highest BCUT2D eigenvalue weighted by Gasteiger charge is 2.22. The quantitative estimate of drug-likeness (QED) is 0.693. The largest absolute Gasteiger partial charge is 0.338 e. The Kier molecular flexibility index (Phi) is 4.41. The Labute approximate surface area is 137 Å². The van der Waals surface area contributed by atoms with Crippen molar-refractivity contribution in [2.24, 2.45) is 7.05 Å². The van der Waals surface area contributed by atoms with Gasteiger partial charge in [0.1, 0.15) is 6.54 Å². The Morgan fingerprint density at radius 3 is 2.46 bits per heavy atom. The van der Waals surface area contributed by atoms with Crippen molar-refractivity contribution in [1.29, 1.82) is 0 Å². The molecule has 1 amide bonds. The molecule has 0 atom stereocenters. The number of hydrogen-bond acceptors (Lipinski definition) is 6. The molecule has 3 heterocycles. The molecule has 0 N–H and O–H groups in total. The summed E-state index contributed by atoms with van der Waals surface area (Å²) in [4.78, 5) is 47.9. The lowest BCUT2D eigenvalue weighted by Crippen LogP contribution is -2.51. The van der Waals surface area contributed by atoms with E-state index >= 15 is 0 Å². The minimum Gasteiger partial charge on any atom is -0.338 e. The first-order valence-corrected chi connectivity index (χ1v) is 7.62. The van der Waals surface area contributed by atoms with E-state index in [0.717, 1.165) is 4.57 Å². The standard InChI is InChI=1S/C15H18N6O3/c1-18-12(22)3-6-21(15(18)24)11-13(23)19-7-9-20(10-8-19)14-16-4-2-5-17-14/h2-6H,7-11H2,1H3. The van der Waals surface area contributed by atoms with Gasteiger partial charge in [-0.3, -0.25) is 18.7 Å². The lowest BCUT2D eigenvalue weighted by atomic mass is 10.3. The van der Waals surface area contributed by atoms with E-state index in [-0.39, 0.29) is 18.0 Å². The predicted molar refractivity (Wildman–Crippen MR) is 86.8 cm³/mol. The highest BCUT2D eigenvalue weighted by atomic mass is 16.2. The molecule has 1 fully saturated rings. The number of hydrogen-bond donors (Lipinski definition) is 0. The van der Waals surface area contributed by atoms with Crippen molar-refractivity contribution < 1.29 is 4.79 Å². The van der Waals surface area contributed by atoms with Crippen LogP contribution >= 0.6 is 0 Å². The number of anilines is 1. The molecule has 126 valence electrons. The van der Waals surface area contributed by atoms with Crippen LogP contribution in [0.3, 0.4) is 0 Å². The van der Waals surface area contributed by atoms with E-state index in [1.807, 2.05) is 4.90 Å². The number of piperazine rings is 1. The molecule has 24 heavy (non-hydrogen) atoms. The van der Waals surface area contributed by atoms with Gasteiger partial charge in [-0.15, -0.1) is 0 Å². The Morgan fingerprint density at radius 2 is 1.79 bits per heavy atom. The molecule has 1 saturated heterocycles. The van der Waals surface area contributed by atoms with Gasteiger partial charge in [-0.2, -0.15) is 0 Å². The van der Waals surface area contributed by atoms with Crippen LogP contribution in [-0.2, 0) is 18.4 Å². The SMILES string of the molecule is Cn1c(=O)ccn(CC(=O)N2CCN(c3ncccn3)CC2)c1=O. The molecule has 0 radical (unpaired) electrons. The fourth-order valence-corrected chi connectivity index (χ4v) is 2.59. The topological polar surface area (TPSA) is 93.3 Å². The van der Waals surface area contributed by atoms with Crippen molar-refractivity contribution in [3.63, 3.8) is 0 Å². The normalized spacial score (nSPS) is 14.7. The molecule has 3 rings (SSSR count). The fourth-order valence-electron chi connectivity index (χ4n) is 2.59. The Balaban J connectivity index is 1.63. The highest BCUT2D eigenvalue weighted by molar-refractivity contribution is 5.76. The number of nitrogens with zero attached hydrogens (tertiary/aromatic N) is 6. The summed E-state index contributed by atoms with van der Waals surface area (Å²) in [7, 11) is 1.39. The summed E-state index contributed by atoms with van der Waals surface area (Å²) in [6.07, 6.45) is 4.73. The smallest absolute Gasteiger partial charge is 0.331 e. The van der Waals surface area contributed by atoms with E-state index in [4.69, 9.17) is 0 Å². The van der Waals surface area contributed by atoms with E-state index < -0.39 is 5.69 Å². The van der Waals surface area contributed by atoms with Crippen molar-refractivity contribution in [2.45, 2.75) is 6.54 Å². The molecule has 0 saturated carbocycles. The zero-order valence-electron chi connectivity index (χ0n) is 13.3. The lowest BCUT2D eigenvalue weighted by Gasteiger charge is -2.34. The van der Waals surface area contributed by atoms with Crippen LogP contribution in [0.2, 0.25) is 0 Å². The first-order valence-electron chi connectivity index (χ1n) is 7.62. The molecule has 1 aliphatic heterocycles. The summed E-state index contributed by atoms with van der Waals surface area (Å²) in [6, 6.07) is 3.04. The van der Waals surface area contributed by atoms with Gasteiger partial charge in [0.15, 0.2) is 0 Å². The second-order valence-electron chi connectivity index (χ2n) is 5.54. The third-order valence-electron chi connectivity index (χ3n) is 4.03. The van der Waals surface area contributed by atoms with Gasteiger partial charge in [0.25, 0.3) is 5.56 Å². The maximum absolute atomic E-state index is 12.4. The number of carbonyl (C=O) groups is 1. The predicted octanol–water partition coefficient (Wildman–Crippen LogP) is -1.31. The number of rotatable bonds is 3. The molecule has 2 aromatic heterocycles. The van der Waals surface area contributed by atoms with Crippen LogP contribution in [0.1, 0.15) is 0 Å². The zero-order valence-corrected chi connectivity index (χ0v) is 13.3. The van der Waals surface area contributed by atoms with Crippen molar-refractivity contribution in [1.82, 2.24) is 24.0 Å². The van der Waals surface area contributed by atoms with Crippen LogP contribution < -0.4 is 16.1 Å². The maximum Gasteiger partial charge on any atom is 0.331 e. The average Bonchev–Trinajstić information content (AvgIpc) is 2.63. The van der Waals surface area contributed by atoms with Crippen molar-refractivity contribution in [2.75, 3.05) is 31.1 Å². The van der Waals surface area contributed by atoms with Crippen molar-refractivity contribution in [3.8, 4) is 0 Å². The summed E-state index contributed by atoms with van der Waals surface area (Å²) in [6.45, 7) is 2.28. The van der Waals surface area contributed by atoms with E-state index in [0.29, 0.717) is 32.1 Å². The summed E-state index contributed by atoms with van der Waals surface area (Å²) < 4.78 is 2.23. The molecule has 0 aromatic carbocycles. The second kappa shape index (κ2) is 6.65. The Bertz CT molecular complexity index is 836. The van der Waals surface area contributed by atoms with Crippen LogP contribution in [0.15, 0.2) is 40.3 Å². The van der Waals surface area contributed by atoms with Gasteiger partial charge in [-0.1, -0.05) is 0 Å². The second-order valence-corrected chi connectivity index (χ2v) is 5.54. The van der Waals surface area contributed by atoms with E-state index in [1.165, 1.54) is 23.9 Å². The monoisotopic (exact) mass is 330 g/mol. The van der Waals surface area contributed by atoms with Gasteiger partial charge in [0.2, 0.25) is 11.9 Å². The molecular formula is C15H18N6O3. The average molecular weight is 330 g/mol. The van der Waals surface area contributed by atoms with Gasteiger partial charge in [-0.05, 0) is 6.07 Å². The lowest BCUT2D eigenvalue weighted by molar-refractivity contribution is -0.132. The molecule has 0 spiro atoms. The first-order chi connectivity index (χ1) is 11.6. The fraction of sp³-hybridized carbons (Fsp3) is 0.400. The van der Waals surface area contributed by atoms with Crippen LogP contribution in [0, 0.1) is 0 Å². The van der Waals surface area contributed by atoms with Gasteiger partial charge < -0.3 is 9.80 Å². The third-order valence-corrected chi connectivity index (χ3v) is 4.03. The van der Waals surface area contributed by atoms with E-state index in [9.17, 15) is 14.4 Å². The van der Waals surface area contributed by atoms with Crippen LogP contribution in [0.25, 0.3) is 0 Å². The molecular weight excluding hydrogens is 312 g/mol. The Hall–Kier alpha value is -2.97. The molecule has 0 aliphatic carbocycles. The minimum atomic E-state index is -0.493. The molecule has 2 aromatic rings. The molecule has 9 nitrogen and oxygen atoms in total. The van der Waals surface area contributed by atoms with Gasteiger partial charge in [0.05, 0.1) is 0 Å². The number of carbonyl (C=O) groups excluding carboxylic acids is 1. The molecule has 1 aliphatic rings.